The molecule has 0 aliphatic heterocycles. The Kier molecular flexibility index (Phi) is 2.69. The molecule has 4 aromatic heterocycles. The lowest BCUT2D eigenvalue weighted by Gasteiger charge is -1.98. The first-order valence-corrected chi connectivity index (χ1v) is 7.10. The van der Waals surface area contributed by atoms with Crippen LogP contribution >= 0.6 is 22.9 Å². The van der Waals surface area contributed by atoms with E-state index in [0.29, 0.717) is 32.2 Å². The van der Waals surface area contributed by atoms with Gasteiger partial charge in [-0.15, -0.1) is 10.2 Å². The molecule has 4 aromatic rings. The van der Waals surface area contributed by atoms with Crippen molar-refractivity contribution in [3.05, 3.63) is 29.8 Å². The first-order valence-electron chi connectivity index (χ1n) is 5.90. The summed E-state index contributed by atoms with van der Waals surface area (Å²) in [6, 6.07) is 0. The maximum absolute atomic E-state index is 6.15. The predicted molar refractivity (Wildman–Crippen MR) is 76.9 cm³/mol. The van der Waals surface area contributed by atoms with Crippen molar-refractivity contribution in [3.8, 4) is 22.2 Å². The topological polar surface area (TPSA) is 86.7 Å². The first-order chi connectivity index (χ1) is 10.2. The Balaban J connectivity index is 1.91. The van der Waals surface area contributed by atoms with Crippen molar-refractivity contribution in [2.45, 2.75) is 0 Å². The zero-order valence-electron chi connectivity index (χ0n) is 10.7. The fourth-order valence-corrected chi connectivity index (χ4v) is 2.99. The smallest absolute Gasteiger partial charge is 0.235 e. The Labute approximate surface area is 127 Å². The fraction of sp³-hybridized carbons (Fsp3) is 0.0909. The molecule has 0 atom stereocenters. The lowest BCUT2D eigenvalue weighted by atomic mass is 10.4. The summed E-state index contributed by atoms with van der Waals surface area (Å²) in [5.74, 6) is 0.543. The summed E-state index contributed by atoms with van der Waals surface area (Å²) in [5.41, 5.74) is 1.36. The number of rotatable bonds is 2. The number of fused-ring (bicyclic) bond motifs is 1. The van der Waals surface area contributed by atoms with Crippen LogP contribution < -0.4 is 0 Å². The molecule has 0 saturated carbocycles. The first kappa shape index (κ1) is 12.4. The molecule has 0 saturated heterocycles. The molecule has 4 rings (SSSR count). The van der Waals surface area contributed by atoms with Crippen molar-refractivity contribution in [1.29, 1.82) is 0 Å². The van der Waals surface area contributed by atoms with Crippen molar-refractivity contribution in [2.75, 3.05) is 0 Å². The van der Waals surface area contributed by atoms with Gasteiger partial charge in [0.25, 0.3) is 0 Å². The average molecular weight is 319 g/mol. The van der Waals surface area contributed by atoms with Gasteiger partial charge in [-0.3, -0.25) is 14.6 Å². The number of aromatic nitrogens is 8. The van der Waals surface area contributed by atoms with E-state index in [1.54, 1.807) is 41.0 Å². The molecule has 0 amide bonds. The molecule has 10 heteroatoms. The summed E-state index contributed by atoms with van der Waals surface area (Å²) in [4.78, 5) is 8.93. The molecule has 21 heavy (non-hydrogen) atoms. The predicted octanol–water partition coefficient (Wildman–Crippen LogP) is 1.70. The lowest BCUT2D eigenvalue weighted by Crippen LogP contribution is -1.99. The van der Waals surface area contributed by atoms with Gasteiger partial charge < -0.3 is 0 Å². The second kappa shape index (κ2) is 4.57. The van der Waals surface area contributed by atoms with E-state index in [1.807, 2.05) is 0 Å². The number of hydrogen-bond acceptors (Lipinski definition) is 7. The van der Waals surface area contributed by atoms with Gasteiger partial charge in [0.2, 0.25) is 10.8 Å². The van der Waals surface area contributed by atoms with Gasteiger partial charge in [-0.2, -0.15) is 14.7 Å². The fourth-order valence-electron chi connectivity index (χ4n) is 1.94. The third kappa shape index (κ3) is 1.89. The Morgan fingerprint density at radius 2 is 2.10 bits per heavy atom. The van der Waals surface area contributed by atoms with Crippen LogP contribution in [0, 0.1) is 0 Å². The van der Waals surface area contributed by atoms with Crippen LogP contribution in [-0.2, 0) is 7.05 Å². The van der Waals surface area contributed by atoms with Crippen molar-refractivity contribution in [1.82, 2.24) is 39.6 Å². The highest BCUT2D eigenvalue weighted by Gasteiger charge is 2.19. The quantitative estimate of drug-likeness (QED) is 0.559. The zero-order chi connectivity index (χ0) is 14.4. The molecule has 0 spiro atoms. The van der Waals surface area contributed by atoms with Crippen molar-refractivity contribution >= 4 is 27.9 Å². The van der Waals surface area contributed by atoms with Crippen molar-refractivity contribution in [3.63, 3.8) is 0 Å². The van der Waals surface area contributed by atoms with E-state index in [4.69, 9.17) is 11.6 Å². The van der Waals surface area contributed by atoms with Crippen molar-refractivity contribution in [2.24, 2.45) is 7.05 Å². The van der Waals surface area contributed by atoms with Gasteiger partial charge in [0.05, 0.1) is 17.4 Å². The summed E-state index contributed by atoms with van der Waals surface area (Å²) in [6.45, 7) is 0. The summed E-state index contributed by atoms with van der Waals surface area (Å²) in [6.07, 6.45) is 6.46. The van der Waals surface area contributed by atoms with Gasteiger partial charge in [0.1, 0.15) is 11.4 Å². The minimum absolute atomic E-state index is 0.501. The van der Waals surface area contributed by atoms with E-state index in [9.17, 15) is 0 Å². The van der Waals surface area contributed by atoms with Crippen LogP contribution in [0.1, 0.15) is 0 Å². The van der Waals surface area contributed by atoms with Crippen LogP contribution in [0.3, 0.4) is 0 Å². The molecule has 0 bridgehead atoms. The summed E-state index contributed by atoms with van der Waals surface area (Å²) < 4.78 is 3.28. The number of hydrogen-bond donors (Lipinski definition) is 0. The number of halogens is 1. The minimum atomic E-state index is 0.501. The molecule has 0 aromatic carbocycles. The normalized spacial score (nSPS) is 11.3. The molecule has 8 nitrogen and oxygen atoms in total. The van der Waals surface area contributed by atoms with E-state index in [1.165, 1.54) is 11.3 Å². The monoisotopic (exact) mass is 318 g/mol. The van der Waals surface area contributed by atoms with Crippen LogP contribution in [0.2, 0.25) is 5.02 Å². The van der Waals surface area contributed by atoms with E-state index >= 15 is 0 Å². The Bertz CT molecular complexity index is 905. The molecule has 0 unspecified atom stereocenters. The Morgan fingerprint density at radius 3 is 2.81 bits per heavy atom. The van der Waals surface area contributed by atoms with Gasteiger partial charge in [-0.1, -0.05) is 22.9 Å². The second-order valence-electron chi connectivity index (χ2n) is 4.18. The van der Waals surface area contributed by atoms with E-state index < -0.39 is 0 Å². The lowest BCUT2D eigenvalue weighted by molar-refractivity contribution is 0.764. The van der Waals surface area contributed by atoms with E-state index in [-0.39, 0.29) is 0 Å². The van der Waals surface area contributed by atoms with Crippen LogP contribution in [0.15, 0.2) is 24.8 Å². The highest BCUT2D eigenvalue weighted by molar-refractivity contribution is 7.19. The Morgan fingerprint density at radius 1 is 1.19 bits per heavy atom. The van der Waals surface area contributed by atoms with Crippen molar-refractivity contribution < 1.29 is 0 Å². The molecule has 0 aliphatic rings. The van der Waals surface area contributed by atoms with Gasteiger partial charge in [0.15, 0.2) is 5.01 Å². The molecule has 0 radical (unpaired) electrons. The molecule has 104 valence electrons. The van der Waals surface area contributed by atoms with Crippen LogP contribution in [0.5, 0.6) is 0 Å². The standard InChI is InChI=1S/C11H7ClN8S/c1-19-8(6(12)4-15-19)9-16-17-11-20(9)18-10(21-11)7-5-13-2-3-14-7/h2-5H,1H3. The second-order valence-corrected chi connectivity index (χ2v) is 5.54. The van der Waals surface area contributed by atoms with Gasteiger partial charge in [-0.25, -0.2) is 0 Å². The summed E-state index contributed by atoms with van der Waals surface area (Å²) >= 11 is 7.53. The molecule has 4 heterocycles. The molecule has 0 aliphatic carbocycles. The zero-order valence-corrected chi connectivity index (χ0v) is 12.2. The van der Waals surface area contributed by atoms with Gasteiger partial charge in [0, 0.05) is 19.4 Å². The summed E-state index contributed by atoms with van der Waals surface area (Å²) in [5, 5.41) is 18.1. The molecular weight excluding hydrogens is 312 g/mol. The van der Waals surface area contributed by atoms with E-state index in [0.717, 1.165) is 0 Å². The highest BCUT2D eigenvalue weighted by Crippen LogP contribution is 2.29. The number of nitrogens with zero attached hydrogens (tertiary/aromatic N) is 8. The van der Waals surface area contributed by atoms with Crippen LogP contribution in [0.4, 0.5) is 0 Å². The molecule has 0 N–H and O–H groups in total. The highest BCUT2D eigenvalue weighted by atomic mass is 35.5. The summed E-state index contributed by atoms with van der Waals surface area (Å²) in [7, 11) is 1.79. The maximum atomic E-state index is 6.15. The minimum Gasteiger partial charge on any atom is -0.263 e. The average Bonchev–Trinajstić information content (AvgIpc) is 3.16. The van der Waals surface area contributed by atoms with E-state index in [2.05, 4.69) is 30.4 Å². The Hall–Kier alpha value is -2.39. The molecular formula is C11H7ClN8S. The third-order valence-electron chi connectivity index (χ3n) is 2.88. The SMILES string of the molecule is Cn1ncc(Cl)c1-c1nnc2sc(-c3cnccn3)nn12. The third-order valence-corrected chi connectivity index (χ3v) is 4.08. The van der Waals surface area contributed by atoms with Gasteiger partial charge in [-0.05, 0) is 0 Å². The largest absolute Gasteiger partial charge is 0.263 e. The maximum Gasteiger partial charge on any atom is 0.235 e. The molecule has 0 fully saturated rings. The van der Waals surface area contributed by atoms with Crippen LogP contribution in [-0.4, -0.2) is 39.6 Å². The van der Waals surface area contributed by atoms with Crippen LogP contribution in [0.25, 0.3) is 27.2 Å². The number of aryl methyl sites for hydroxylation is 1. The van der Waals surface area contributed by atoms with Gasteiger partial charge >= 0.3 is 0 Å².